The summed E-state index contributed by atoms with van der Waals surface area (Å²) in [4.78, 5) is 0. The van der Waals surface area contributed by atoms with E-state index in [0.29, 0.717) is 13.0 Å². The molecule has 21 heavy (non-hydrogen) atoms. The van der Waals surface area contributed by atoms with Crippen LogP contribution in [0, 0.1) is 0 Å². The number of hydrogen-bond donors (Lipinski definition) is 6. The van der Waals surface area contributed by atoms with E-state index >= 15 is 0 Å². The maximum Gasteiger partial charge on any atom is 0.160 e. The SMILES string of the molecule is OCC1=C[C@H](N[C@H]2[C@H](O)C[C@@H]3OC[C@H]2O3)[C@H](O)[C@@H](O)[C@@H]1O. The Labute approximate surface area is 121 Å². The highest BCUT2D eigenvalue weighted by molar-refractivity contribution is 5.22. The third-order valence-corrected chi connectivity index (χ3v) is 4.40. The fourth-order valence-electron chi connectivity index (χ4n) is 3.16. The summed E-state index contributed by atoms with van der Waals surface area (Å²) in [5.74, 6) is 0. The summed E-state index contributed by atoms with van der Waals surface area (Å²) in [6.45, 7) is -0.0641. The zero-order chi connectivity index (χ0) is 15.1. The molecule has 3 rings (SSSR count). The Bertz CT molecular complexity index is 417. The molecule has 3 aliphatic rings. The van der Waals surface area contributed by atoms with Crippen LogP contribution in [0.25, 0.3) is 0 Å². The molecule has 120 valence electrons. The third-order valence-electron chi connectivity index (χ3n) is 4.40. The standard InChI is InChI=1S/C13H21NO7/c15-3-5-1-6(12(18)13(19)11(5)17)14-10-7(16)2-9-20-4-8(10)21-9/h1,6-19H,2-4H2/t6-,7+,8+,9+,10-,11+,12-,13-/m0/s1. The first-order valence-electron chi connectivity index (χ1n) is 7.08. The first-order valence-corrected chi connectivity index (χ1v) is 7.08. The number of aliphatic hydroxyl groups is 5. The van der Waals surface area contributed by atoms with Crippen LogP contribution in [-0.2, 0) is 9.47 Å². The van der Waals surface area contributed by atoms with Gasteiger partial charge < -0.3 is 40.3 Å². The first kappa shape index (κ1) is 15.3. The van der Waals surface area contributed by atoms with E-state index in [2.05, 4.69) is 5.32 Å². The molecule has 8 heteroatoms. The molecule has 6 N–H and O–H groups in total. The molecule has 2 fully saturated rings. The Kier molecular flexibility index (Phi) is 4.30. The normalized spacial score (nSPS) is 50.0. The van der Waals surface area contributed by atoms with Gasteiger partial charge in [-0.05, 0) is 5.57 Å². The molecule has 0 amide bonds. The van der Waals surface area contributed by atoms with Gasteiger partial charge in [-0.15, -0.1) is 0 Å². The molecule has 2 aliphatic heterocycles. The molecule has 0 aromatic carbocycles. The van der Waals surface area contributed by atoms with E-state index in [9.17, 15) is 25.5 Å². The van der Waals surface area contributed by atoms with Crippen molar-refractivity contribution < 1.29 is 35.0 Å². The maximum atomic E-state index is 10.1. The third kappa shape index (κ3) is 2.73. The molecule has 8 atom stereocenters. The lowest BCUT2D eigenvalue weighted by Gasteiger charge is -2.40. The molecule has 0 aromatic rings. The summed E-state index contributed by atoms with van der Waals surface area (Å²) >= 11 is 0. The fourth-order valence-corrected chi connectivity index (χ4v) is 3.16. The van der Waals surface area contributed by atoms with Crippen molar-refractivity contribution in [2.24, 2.45) is 0 Å². The summed E-state index contributed by atoms with van der Waals surface area (Å²) in [5.41, 5.74) is 0.233. The number of ether oxygens (including phenoxy) is 2. The lowest BCUT2D eigenvalue weighted by Crippen LogP contribution is -2.61. The van der Waals surface area contributed by atoms with Crippen molar-refractivity contribution in [1.29, 1.82) is 0 Å². The zero-order valence-corrected chi connectivity index (χ0v) is 11.4. The van der Waals surface area contributed by atoms with E-state index in [1.807, 2.05) is 0 Å². The van der Waals surface area contributed by atoms with Gasteiger partial charge in [0.1, 0.15) is 24.4 Å². The van der Waals surface area contributed by atoms with Crippen molar-refractivity contribution in [3.8, 4) is 0 Å². The van der Waals surface area contributed by atoms with Crippen molar-refractivity contribution in [2.75, 3.05) is 13.2 Å². The monoisotopic (exact) mass is 303 g/mol. The molecule has 0 spiro atoms. The molecule has 2 saturated heterocycles. The van der Waals surface area contributed by atoms with Crippen LogP contribution < -0.4 is 5.32 Å². The summed E-state index contributed by atoms with van der Waals surface area (Å²) in [5, 5.41) is 52.0. The Morgan fingerprint density at radius 2 is 1.95 bits per heavy atom. The zero-order valence-electron chi connectivity index (χ0n) is 11.4. The Morgan fingerprint density at radius 1 is 1.19 bits per heavy atom. The first-order chi connectivity index (χ1) is 10.0. The minimum absolute atomic E-state index is 0.233. The quantitative estimate of drug-likeness (QED) is 0.301. The molecular formula is C13H21NO7. The van der Waals surface area contributed by atoms with Crippen molar-refractivity contribution in [3.63, 3.8) is 0 Å². The minimum atomic E-state index is -1.40. The number of rotatable bonds is 3. The van der Waals surface area contributed by atoms with Crippen LogP contribution in [0.4, 0.5) is 0 Å². The molecule has 2 heterocycles. The Hall–Kier alpha value is -0.580. The number of aliphatic hydroxyl groups excluding tert-OH is 5. The van der Waals surface area contributed by atoms with Crippen LogP contribution in [-0.4, -0.2) is 87.6 Å². The summed E-state index contributed by atoms with van der Waals surface area (Å²) in [6, 6.07) is -1.16. The van der Waals surface area contributed by atoms with Crippen LogP contribution in [0.15, 0.2) is 11.6 Å². The summed E-state index contributed by atoms with van der Waals surface area (Å²) in [7, 11) is 0. The van der Waals surface area contributed by atoms with Gasteiger partial charge >= 0.3 is 0 Å². The average molecular weight is 303 g/mol. The van der Waals surface area contributed by atoms with E-state index in [-0.39, 0.29) is 11.7 Å². The highest BCUT2D eigenvalue weighted by Crippen LogP contribution is 2.29. The molecule has 0 saturated carbocycles. The van der Waals surface area contributed by atoms with Gasteiger partial charge in [0.15, 0.2) is 6.29 Å². The largest absolute Gasteiger partial charge is 0.392 e. The lowest BCUT2D eigenvalue weighted by molar-refractivity contribution is -0.134. The number of nitrogens with one attached hydrogen (secondary N) is 1. The second-order valence-electron chi connectivity index (χ2n) is 5.78. The van der Waals surface area contributed by atoms with Crippen LogP contribution in [0.5, 0.6) is 0 Å². The molecule has 2 bridgehead atoms. The fraction of sp³-hybridized carbons (Fsp3) is 0.846. The Morgan fingerprint density at radius 3 is 2.67 bits per heavy atom. The predicted octanol–water partition coefficient (Wildman–Crippen LogP) is -3.17. The summed E-state index contributed by atoms with van der Waals surface area (Å²) in [6.07, 6.45) is -3.55. The lowest BCUT2D eigenvalue weighted by atomic mass is 9.87. The van der Waals surface area contributed by atoms with E-state index in [0.717, 1.165) is 0 Å². The van der Waals surface area contributed by atoms with E-state index in [1.54, 1.807) is 0 Å². The van der Waals surface area contributed by atoms with Crippen molar-refractivity contribution >= 4 is 0 Å². The van der Waals surface area contributed by atoms with Gasteiger partial charge in [0, 0.05) is 6.42 Å². The van der Waals surface area contributed by atoms with Gasteiger partial charge in [0.05, 0.1) is 31.4 Å². The topological polar surface area (TPSA) is 132 Å². The second kappa shape index (κ2) is 5.90. The van der Waals surface area contributed by atoms with Gasteiger partial charge in [0.2, 0.25) is 0 Å². The maximum absolute atomic E-state index is 10.1. The smallest absolute Gasteiger partial charge is 0.160 e. The van der Waals surface area contributed by atoms with Gasteiger partial charge in [0.25, 0.3) is 0 Å². The molecule has 8 nitrogen and oxygen atoms in total. The highest BCUT2D eigenvalue weighted by Gasteiger charge is 2.46. The van der Waals surface area contributed by atoms with Crippen LogP contribution in [0.3, 0.4) is 0 Å². The highest BCUT2D eigenvalue weighted by atomic mass is 16.7. The number of fused-ring (bicyclic) bond motifs is 2. The van der Waals surface area contributed by atoms with Gasteiger partial charge in [-0.3, -0.25) is 0 Å². The molecule has 0 aromatic heterocycles. The van der Waals surface area contributed by atoms with Crippen LogP contribution >= 0.6 is 0 Å². The molecule has 0 unspecified atom stereocenters. The van der Waals surface area contributed by atoms with E-state index in [1.165, 1.54) is 6.08 Å². The minimum Gasteiger partial charge on any atom is -0.392 e. The van der Waals surface area contributed by atoms with E-state index in [4.69, 9.17) is 9.47 Å². The molecular weight excluding hydrogens is 282 g/mol. The van der Waals surface area contributed by atoms with Gasteiger partial charge in [-0.1, -0.05) is 6.08 Å². The average Bonchev–Trinajstić information content (AvgIpc) is 2.86. The van der Waals surface area contributed by atoms with Crippen molar-refractivity contribution in [2.45, 2.75) is 55.3 Å². The second-order valence-corrected chi connectivity index (χ2v) is 5.78. The van der Waals surface area contributed by atoms with Gasteiger partial charge in [-0.2, -0.15) is 0 Å². The Balaban J connectivity index is 1.75. The van der Waals surface area contributed by atoms with Gasteiger partial charge in [-0.25, -0.2) is 0 Å². The summed E-state index contributed by atoms with van der Waals surface area (Å²) < 4.78 is 10.9. The number of hydrogen-bond acceptors (Lipinski definition) is 8. The van der Waals surface area contributed by atoms with Crippen molar-refractivity contribution in [1.82, 2.24) is 5.32 Å². The van der Waals surface area contributed by atoms with Crippen LogP contribution in [0.2, 0.25) is 0 Å². The molecule has 1 aliphatic carbocycles. The van der Waals surface area contributed by atoms with E-state index < -0.39 is 49.4 Å². The van der Waals surface area contributed by atoms with Crippen molar-refractivity contribution in [3.05, 3.63) is 11.6 Å². The predicted molar refractivity (Wildman–Crippen MR) is 69.1 cm³/mol. The van der Waals surface area contributed by atoms with Crippen LogP contribution in [0.1, 0.15) is 6.42 Å². The molecule has 0 radical (unpaired) electrons.